The number of nitrogens with zero attached hydrogens (tertiary/aromatic N) is 2. The summed E-state index contributed by atoms with van der Waals surface area (Å²) >= 11 is 0. The van der Waals surface area contributed by atoms with Gasteiger partial charge in [0.1, 0.15) is 0 Å². The molecule has 0 N–H and O–H groups in total. The zero-order valence-electron chi connectivity index (χ0n) is 14.2. The highest BCUT2D eigenvalue weighted by molar-refractivity contribution is 5.78. The van der Waals surface area contributed by atoms with Gasteiger partial charge in [0, 0.05) is 39.5 Å². The Morgan fingerprint density at radius 3 is 2.26 bits per heavy atom. The van der Waals surface area contributed by atoms with Gasteiger partial charge < -0.3 is 9.80 Å². The van der Waals surface area contributed by atoms with E-state index in [0.717, 1.165) is 32.4 Å². The van der Waals surface area contributed by atoms with E-state index in [4.69, 9.17) is 0 Å². The Kier molecular flexibility index (Phi) is 7.11. The van der Waals surface area contributed by atoms with Crippen molar-refractivity contribution in [3.8, 4) is 0 Å². The second-order valence-electron chi connectivity index (χ2n) is 6.29. The predicted octanol–water partition coefficient (Wildman–Crippen LogP) is 2.87. The van der Waals surface area contributed by atoms with Gasteiger partial charge in [-0.05, 0) is 24.8 Å². The second kappa shape index (κ2) is 9.33. The summed E-state index contributed by atoms with van der Waals surface area (Å²) in [5.41, 5.74) is 1.22. The number of hydrogen-bond donors (Lipinski definition) is 0. The lowest BCUT2D eigenvalue weighted by Crippen LogP contribution is -2.37. The van der Waals surface area contributed by atoms with Crippen LogP contribution in [0, 0.1) is 0 Å². The average Bonchev–Trinajstić information content (AvgIpc) is 2.84. The monoisotopic (exact) mass is 316 g/mol. The fourth-order valence-corrected chi connectivity index (χ4v) is 3.04. The Bertz CT molecular complexity index is 493. The molecule has 4 nitrogen and oxygen atoms in total. The summed E-state index contributed by atoms with van der Waals surface area (Å²) in [4.78, 5) is 27.9. The van der Waals surface area contributed by atoms with E-state index in [9.17, 15) is 9.59 Å². The minimum Gasteiger partial charge on any atom is -0.343 e. The molecule has 0 unspecified atom stereocenters. The molecule has 2 amide bonds. The van der Waals surface area contributed by atoms with Crippen LogP contribution in [0.1, 0.15) is 44.6 Å². The maximum Gasteiger partial charge on any atom is 0.224 e. The molecule has 4 heteroatoms. The Morgan fingerprint density at radius 2 is 1.65 bits per heavy atom. The number of hydrogen-bond acceptors (Lipinski definition) is 2. The number of rotatable bonds is 6. The zero-order valence-corrected chi connectivity index (χ0v) is 14.2. The van der Waals surface area contributed by atoms with Crippen molar-refractivity contribution < 1.29 is 9.59 Å². The molecule has 1 aliphatic rings. The van der Waals surface area contributed by atoms with Crippen LogP contribution in [0.5, 0.6) is 0 Å². The van der Waals surface area contributed by atoms with Crippen LogP contribution < -0.4 is 0 Å². The van der Waals surface area contributed by atoms with Gasteiger partial charge in [0.05, 0.1) is 0 Å². The quantitative estimate of drug-likeness (QED) is 0.810. The molecule has 1 aliphatic heterocycles. The van der Waals surface area contributed by atoms with Gasteiger partial charge in [0.25, 0.3) is 0 Å². The number of likely N-dealkylation sites (tertiary alicyclic amines) is 1. The highest BCUT2D eigenvalue weighted by atomic mass is 16.2. The third kappa shape index (κ3) is 6.05. The molecule has 2 rings (SSSR count). The number of benzene rings is 1. The van der Waals surface area contributed by atoms with Crippen LogP contribution in [-0.4, -0.2) is 47.8 Å². The van der Waals surface area contributed by atoms with Crippen molar-refractivity contribution in [2.24, 2.45) is 0 Å². The summed E-state index contributed by atoms with van der Waals surface area (Å²) < 4.78 is 0. The summed E-state index contributed by atoms with van der Waals surface area (Å²) in [5, 5.41) is 0. The van der Waals surface area contributed by atoms with Crippen molar-refractivity contribution >= 4 is 11.8 Å². The van der Waals surface area contributed by atoms with E-state index in [-0.39, 0.29) is 11.8 Å². The summed E-state index contributed by atoms with van der Waals surface area (Å²) in [5.74, 6) is 0.238. The minimum absolute atomic E-state index is 0.0459. The van der Waals surface area contributed by atoms with Gasteiger partial charge in [-0.1, -0.05) is 43.2 Å². The molecule has 0 radical (unpaired) electrons. The van der Waals surface area contributed by atoms with Gasteiger partial charge in [-0.2, -0.15) is 0 Å². The van der Waals surface area contributed by atoms with Crippen molar-refractivity contribution in [2.45, 2.75) is 45.4 Å². The Hall–Kier alpha value is -1.84. The molecule has 1 fully saturated rings. The summed E-state index contributed by atoms with van der Waals surface area (Å²) in [6.07, 6.45) is 5.93. The molecule has 0 spiro atoms. The number of carbonyl (C=O) groups excluding carboxylic acids is 2. The predicted molar refractivity (Wildman–Crippen MR) is 92.1 cm³/mol. The van der Waals surface area contributed by atoms with E-state index >= 15 is 0 Å². The van der Waals surface area contributed by atoms with E-state index in [1.807, 2.05) is 23.1 Å². The standard InChI is InChI=1S/C19H28N2O2/c1-17(22)20(15-11-18-9-5-4-6-10-18)16-12-19(23)21-13-7-2-3-8-14-21/h4-6,9-10H,2-3,7-8,11-16H2,1H3. The van der Waals surface area contributed by atoms with Gasteiger partial charge in [0.2, 0.25) is 11.8 Å². The Labute approximate surface area is 139 Å². The molecule has 1 aromatic carbocycles. The molecular formula is C19H28N2O2. The van der Waals surface area contributed by atoms with Crippen molar-refractivity contribution in [2.75, 3.05) is 26.2 Å². The van der Waals surface area contributed by atoms with E-state index < -0.39 is 0 Å². The van der Waals surface area contributed by atoms with Crippen LogP contribution >= 0.6 is 0 Å². The maximum absolute atomic E-state index is 12.3. The van der Waals surface area contributed by atoms with Crippen LogP contribution in [0.25, 0.3) is 0 Å². The van der Waals surface area contributed by atoms with Gasteiger partial charge in [-0.15, -0.1) is 0 Å². The van der Waals surface area contributed by atoms with E-state index in [2.05, 4.69) is 12.1 Å². The largest absolute Gasteiger partial charge is 0.343 e. The van der Waals surface area contributed by atoms with Crippen molar-refractivity contribution in [1.29, 1.82) is 0 Å². The second-order valence-corrected chi connectivity index (χ2v) is 6.29. The molecule has 1 heterocycles. The first kappa shape index (κ1) is 17.5. The zero-order chi connectivity index (χ0) is 16.5. The Morgan fingerprint density at radius 1 is 1.00 bits per heavy atom. The highest BCUT2D eigenvalue weighted by Crippen LogP contribution is 2.11. The third-order valence-corrected chi connectivity index (χ3v) is 4.51. The van der Waals surface area contributed by atoms with Crippen molar-refractivity contribution in [3.05, 3.63) is 35.9 Å². The lowest BCUT2D eigenvalue weighted by molar-refractivity contribution is -0.133. The maximum atomic E-state index is 12.3. The minimum atomic E-state index is 0.0459. The molecule has 0 aliphatic carbocycles. The Balaban J connectivity index is 1.79. The highest BCUT2D eigenvalue weighted by Gasteiger charge is 2.17. The van der Waals surface area contributed by atoms with Crippen LogP contribution in [0.15, 0.2) is 30.3 Å². The van der Waals surface area contributed by atoms with E-state index in [0.29, 0.717) is 19.5 Å². The summed E-state index contributed by atoms with van der Waals surface area (Å²) in [6, 6.07) is 10.2. The van der Waals surface area contributed by atoms with E-state index in [1.54, 1.807) is 11.8 Å². The van der Waals surface area contributed by atoms with Crippen LogP contribution in [0.3, 0.4) is 0 Å². The molecule has 0 bridgehead atoms. The fraction of sp³-hybridized carbons (Fsp3) is 0.579. The van der Waals surface area contributed by atoms with Crippen molar-refractivity contribution in [3.63, 3.8) is 0 Å². The fourth-order valence-electron chi connectivity index (χ4n) is 3.04. The number of carbonyl (C=O) groups is 2. The van der Waals surface area contributed by atoms with Crippen molar-refractivity contribution in [1.82, 2.24) is 9.80 Å². The molecule has 0 aromatic heterocycles. The smallest absolute Gasteiger partial charge is 0.224 e. The topological polar surface area (TPSA) is 40.6 Å². The molecule has 23 heavy (non-hydrogen) atoms. The molecule has 126 valence electrons. The molecule has 1 aromatic rings. The lowest BCUT2D eigenvalue weighted by Gasteiger charge is -2.24. The van der Waals surface area contributed by atoms with Gasteiger partial charge in [-0.3, -0.25) is 9.59 Å². The summed E-state index contributed by atoms with van der Waals surface area (Å²) in [6.45, 7) is 4.54. The molecular weight excluding hydrogens is 288 g/mol. The van der Waals surface area contributed by atoms with Crippen LogP contribution in [0.4, 0.5) is 0 Å². The first-order valence-corrected chi connectivity index (χ1v) is 8.74. The normalized spacial score (nSPS) is 15.1. The van der Waals surface area contributed by atoms with Gasteiger partial charge >= 0.3 is 0 Å². The van der Waals surface area contributed by atoms with Crippen LogP contribution in [-0.2, 0) is 16.0 Å². The molecule has 0 saturated carbocycles. The lowest BCUT2D eigenvalue weighted by atomic mass is 10.1. The number of amides is 2. The first-order chi connectivity index (χ1) is 11.2. The first-order valence-electron chi connectivity index (χ1n) is 8.74. The molecule has 0 atom stereocenters. The van der Waals surface area contributed by atoms with Crippen LogP contribution in [0.2, 0.25) is 0 Å². The summed E-state index contributed by atoms with van der Waals surface area (Å²) in [7, 11) is 0. The van der Waals surface area contributed by atoms with E-state index in [1.165, 1.54) is 18.4 Å². The van der Waals surface area contributed by atoms with Gasteiger partial charge in [-0.25, -0.2) is 0 Å². The average molecular weight is 316 g/mol. The third-order valence-electron chi connectivity index (χ3n) is 4.51. The molecule has 1 saturated heterocycles. The van der Waals surface area contributed by atoms with Gasteiger partial charge in [0.15, 0.2) is 0 Å². The SMILES string of the molecule is CC(=O)N(CCC(=O)N1CCCCCC1)CCc1ccccc1.